The topological polar surface area (TPSA) is 44.1 Å². The van der Waals surface area contributed by atoms with Gasteiger partial charge in [0.15, 0.2) is 0 Å². The summed E-state index contributed by atoms with van der Waals surface area (Å²) < 4.78 is 0. The lowest BCUT2D eigenvalue weighted by Gasteiger charge is -2.23. The highest BCUT2D eigenvalue weighted by atomic mass is 16.2. The van der Waals surface area contributed by atoms with E-state index in [0.29, 0.717) is 0 Å². The molecule has 2 rings (SSSR count). The number of amides is 1. The zero-order valence-electron chi connectivity index (χ0n) is 9.47. The molecule has 2 unspecified atom stereocenters. The van der Waals surface area contributed by atoms with Gasteiger partial charge in [-0.2, -0.15) is 5.26 Å². The summed E-state index contributed by atoms with van der Waals surface area (Å²) in [6, 6.07) is 10.0. The molecule has 1 aliphatic rings. The van der Waals surface area contributed by atoms with Crippen LogP contribution in [0.3, 0.4) is 0 Å². The van der Waals surface area contributed by atoms with Crippen molar-refractivity contribution in [2.75, 3.05) is 4.90 Å². The second-order valence-electron chi connectivity index (χ2n) is 4.24. The van der Waals surface area contributed by atoms with Gasteiger partial charge in [0.05, 0.1) is 6.07 Å². The van der Waals surface area contributed by atoms with Crippen LogP contribution >= 0.6 is 0 Å². The Labute approximate surface area is 95.3 Å². The fourth-order valence-corrected chi connectivity index (χ4v) is 2.17. The van der Waals surface area contributed by atoms with Gasteiger partial charge < -0.3 is 4.90 Å². The molecule has 1 aromatic rings. The number of benzene rings is 1. The van der Waals surface area contributed by atoms with Crippen LogP contribution in [0.15, 0.2) is 24.3 Å². The third-order valence-electron chi connectivity index (χ3n) is 3.01. The molecule has 0 fully saturated rings. The zero-order valence-corrected chi connectivity index (χ0v) is 9.47. The van der Waals surface area contributed by atoms with E-state index in [4.69, 9.17) is 5.26 Å². The maximum Gasteiger partial charge on any atom is 0.244 e. The van der Waals surface area contributed by atoms with Gasteiger partial charge in [0, 0.05) is 11.7 Å². The monoisotopic (exact) mass is 214 g/mol. The highest BCUT2D eigenvalue weighted by molar-refractivity contribution is 5.98. The van der Waals surface area contributed by atoms with E-state index in [-0.39, 0.29) is 11.9 Å². The van der Waals surface area contributed by atoms with E-state index in [2.05, 4.69) is 0 Å². The standard InChI is InChI=1S/C13H14N2O/c1-9(8-14)13(16)15-10(2)7-11-5-3-4-6-12(11)15/h3-6,9-10H,7H2,1-2H3. The van der Waals surface area contributed by atoms with Gasteiger partial charge in [-0.15, -0.1) is 0 Å². The number of anilines is 1. The van der Waals surface area contributed by atoms with Crippen LogP contribution in [0, 0.1) is 17.2 Å². The molecule has 0 bridgehead atoms. The number of hydrogen-bond acceptors (Lipinski definition) is 2. The van der Waals surface area contributed by atoms with Gasteiger partial charge >= 0.3 is 0 Å². The Morgan fingerprint density at radius 1 is 1.56 bits per heavy atom. The Morgan fingerprint density at radius 2 is 2.25 bits per heavy atom. The molecule has 3 nitrogen and oxygen atoms in total. The predicted molar refractivity (Wildman–Crippen MR) is 61.9 cm³/mol. The summed E-state index contributed by atoms with van der Waals surface area (Å²) >= 11 is 0. The van der Waals surface area contributed by atoms with Crippen molar-refractivity contribution in [3.05, 3.63) is 29.8 Å². The Hall–Kier alpha value is -1.82. The van der Waals surface area contributed by atoms with Crippen LogP contribution in [0.1, 0.15) is 19.4 Å². The highest BCUT2D eigenvalue weighted by Crippen LogP contribution is 2.32. The molecular formula is C13H14N2O. The minimum atomic E-state index is -0.575. The molecule has 0 spiro atoms. The lowest BCUT2D eigenvalue weighted by atomic mass is 10.1. The number of rotatable bonds is 1. The Bertz CT molecular complexity index is 461. The van der Waals surface area contributed by atoms with Gasteiger partial charge in [-0.25, -0.2) is 0 Å². The van der Waals surface area contributed by atoms with E-state index in [1.165, 1.54) is 5.56 Å². The van der Waals surface area contributed by atoms with Crippen LogP contribution in [0.25, 0.3) is 0 Å². The fourth-order valence-electron chi connectivity index (χ4n) is 2.17. The van der Waals surface area contributed by atoms with E-state index in [1.807, 2.05) is 37.3 Å². The second kappa shape index (κ2) is 3.97. The molecule has 0 aromatic heterocycles. The molecule has 2 atom stereocenters. The Balaban J connectivity index is 2.36. The van der Waals surface area contributed by atoms with E-state index in [9.17, 15) is 4.79 Å². The number of nitriles is 1. The molecular weight excluding hydrogens is 200 g/mol. The van der Waals surface area contributed by atoms with Crippen molar-refractivity contribution in [3.8, 4) is 6.07 Å². The first-order chi connectivity index (χ1) is 7.65. The first-order valence-corrected chi connectivity index (χ1v) is 5.45. The average Bonchev–Trinajstić information content (AvgIpc) is 2.63. The minimum Gasteiger partial charge on any atom is -0.308 e. The van der Waals surface area contributed by atoms with Crippen LogP contribution < -0.4 is 4.90 Å². The molecule has 1 aliphatic heterocycles. The average molecular weight is 214 g/mol. The molecule has 82 valence electrons. The normalized spacial score (nSPS) is 20.1. The molecule has 3 heteroatoms. The summed E-state index contributed by atoms with van der Waals surface area (Å²) in [7, 11) is 0. The predicted octanol–water partition coefficient (Wildman–Crippen LogP) is 2.12. The molecule has 1 amide bonds. The lowest BCUT2D eigenvalue weighted by molar-refractivity contribution is -0.120. The fraction of sp³-hybridized carbons (Fsp3) is 0.385. The van der Waals surface area contributed by atoms with Crippen LogP contribution in [0.5, 0.6) is 0 Å². The Kier molecular flexibility index (Phi) is 2.66. The third kappa shape index (κ3) is 1.57. The third-order valence-corrected chi connectivity index (χ3v) is 3.01. The number of para-hydroxylation sites is 1. The summed E-state index contributed by atoms with van der Waals surface area (Å²) in [5.74, 6) is -0.673. The lowest BCUT2D eigenvalue weighted by Crippen LogP contribution is -2.38. The second-order valence-corrected chi connectivity index (χ2v) is 4.24. The maximum atomic E-state index is 12.1. The van der Waals surface area contributed by atoms with Gasteiger partial charge in [-0.05, 0) is 31.9 Å². The largest absolute Gasteiger partial charge is 0.308 e. The molecule has 0 radical (unpaired) electrons. The Morgan fingerprint density at radius 3 is 2.94 bits per heavy atom. The maximum absolute atomic E-state index is 12.1. The van der Waals surface area contributed by atoms with Crippen LogP contribution in [-0.2, 0) is 11.2 Å². The van der Waals surface area contributed by atoms with E-state index >= 15 is 0 Å². The molecule has 1 heterocycles. The van der Waals surface area contributed by atoms with Gasteiger partial charge in [0.25, 0.3) is 0 Å². The number of hydrogen-bond donors (Lipinski definition) is 0. The van der Waals surface area contributed by atoms with Crippen molar-refractivity contribution in [1.82, 2.24) is 0 Å². The van der Waals surface area contributed by atoms with E-state index < -0.39 is 5.92 Å². The molecule has 0 aliphatic carbocycles. The van der Waals surface area contributed by atoms with Crippen molar-refractivity contribution in [1.29, 1.82) is 5.26 Å². The van der Waals surface area contributed by atoms with Crippen LogP contribution in [0.4, 0.5) is 5.69 Å². The molecule has 0 saturated heterocycles. The molecule has 0 saturated carbocycles. The number of fused-ring (bicyclic) bond motifs is 1. The summed E-state index contributed by atoms with van der Waals surface area (Å²) in [6.45, 7) is 3.66. The summed E-state index contributed by atoms with van der Waals surface area (Å²) in [6.07, 6.45) is 0.875. The molecule has 1 aromatic carbocycles. The smallest absolute Gasteiger partial charge is 0.244 e. The summed E-state index contributed by atoms with van der Waals surface area (Å²) in [4.78, 5) is 13.8. The van der Waals surface area contributed by atoms with Gasteiger partial charge in [-0.3, -0.25) is 4.79 Å². The zero-order chi connectivity index (χ0) is 11.7. The van der Waals surface area contributed by atoms with Gasteiger partial charge in [0.1, 0.15) is 5.92 Å². The van der Waals surface area contributed by atoms with E-state index in [0.717, 1.165) is 12.1 Å². The molecule has 16 heavy (non-hydrogen) atoms. The number of carbonyl (C=O) groups excluding carboxylic acids is 1. The van der Waals surface area contributed by atoms with Crippen molar-refractivity contribution in [2.45, 2.75) is 26.3 Å². The van der Waals surface area contributed by atoms with Crippen molar-refractivity contribution in [2.24, 2.45) is 5.92 Å². The quantitative estimate of drug-likeness (QED) is 0.718. The minimum absolute atomic E-state index is 0.0973. The number of carbonyl (C=O) groups is 1. The number of nitrogens with zero attached hydrogens (tertiary/aromatic N) is 2. The summed E-state index contributed by atoms with van der Waals surface area (Å²) in [5, 5.41) is 8.80. The van der Waals surface area contributed by atoms with Crippen molar-refractivity contribution in [3.63, 3.8) is 0 Å². The molecule has 0 N–H and O–H groups in total. The van der Waals surface area contributed by atoms with Crippen LogP contribution in [-0.4, -0.2) is 11.9 Å². The first-order valence-electron chi connectivity index (χ1n) is 5.45. The first kappa shape index (κ1) is 10.7. The van der Waals surface area contributed by atoms with E-state index in [1.54, 1.807) is 11.8 Å². The highest BCUT2D eigenvalue weighted by Gasteiger charge is 2.32. The summed E-state index contributed by atoms with van der Waals surface area (Å²) in [5.41, 5.74) is 2.15. The van der Waals surface area contributed by atoms with Crippen molar-refractivity contribution >= 4 is 11.6 Å². The van der Waals surface area contributed by atoms with Crippen molar-refractivity contribution < 1.29 is 4.79 Å². The SMILES string of the molecule is CC(C#N)C(=O)N1c2ccccc2CC1C. The van der Waals surface area contributed by atoms with Gasteiger partial charge in [0.2, 0.25) is 5.91 Å². The van der Waals surface area contributed by atoms with Crippen LogP contribution in [0.2, 0.25) is 0 Å². The van der Waals surface area contributed by atoms with Gasteiger partial charge in [-0.1, -0.05) is 18.2 Å².